The highest BCUT2D eigenvalue weighted by atomic mass is 35.5. The Morgan fingerprint density at radius 3 is 2.31 bits per heavy atom. The van der Waals surface area contributed by atoms with Crippen molar-refractivity contribution in [1.29, 1.82) is 0 Å². The van der Waals surface area contributed by atoms with E-state index in [2.05, 4.69) is 6.58 Å². The van der Waals surface area contributed by atoms with Crippen LogP contribution in [0.2, 0.25) is 5.02 Å². The summed E-state index contributed by atoms with van der Waals surface area (Å²) in [5.74, 6) is -1.48. The van der Waals surface area contributed by atoms with Crippen LogP contribution in [-0.2, 0) is 20.9 Å². The van der Waals surface area contributed by atoms with Crippen LogP contribution in [-0.4, -0.2) is 33.3 Å². The molecule has 0 heterocycles. The molecule has 3 aromatic carbocycles. The number of sulfonamides is 1. The van der Waals surface area contributed by atoms with Crippen molar-refractivity contribution in [3.05, 3.63) is 107 Å². The van der Waals surface area contributed by atoms with Crippen molar-refractivity contribution < 1.29 is 35.9 Å². The normalized spacial score (nSPS) is 11.6. The van der Waals surface area contributed by atoms with Gasteiger partial charge >= 0.3 is 12.1 Å². The summed E-state index contributed by atoms with van der Waals surface area (Å²) in [6, 6.07) is 14.7. The zero-order chi connectivity index (χ0) is 26.5. The summed E-state index contributed by atoms with van der Waals surface area (Å²) >= 11 is 5.85. The summed E-state index contributed by atoms with van der Waals surface area (Å²) in [6.07, 6.45) is -3.46. The molecule has 188 valence electrons. The number of carbonyl (C=O) groups excluding carboxylic acids is 2. The van der Waals surface area contributed by atoms with Crippen LogP contribution in [0, 0.1) is 0 Å². The van der Waals surface area contributed by atoms with Gasteiger partial charge in [-0.3, -0.25) is 9.10 Å². The molecule has 0 spiro atoms. The molecule has 0 N–H and O–H groups in total. The first kappa shape index (κ1) is 27.0. The topological polar surface area (TPSA) is 80.8 Å². The number of ketones is 1. The zero-order valence-corrected chi connectivity index (χ0v) is 20.1. The monoisotopic (exact) mass is 537 g/mol. The number of Topliss-reactive ketones (excluding diaryl/α,β-unsaturated/α-hetero) is 1. The Morgan fingerprint density at radius 2 is 1.64 bits per heavy atom. The number of halogens is 4. The van der Waals surface area contributed by atoms with Crippen LogP contribution in [0.25, 0.3) is 0 Å². The van der Waals surface area contributed by atoms with Gasteiger partial charge in [-0.05, 0) is 48.5 Å². The molecule has 0 aliphatic carbocycles. The lowest BCUT2D eigenvalue weighted by Crippen LogP contribution is -2.31. The molecule has 0 radical (unpaired) electrons. The second-order valence-electron chi connectivity index (χ2n) is 7.41. The van der Waals surface area contributed by atoms with Gasteiger partial charge in [0, 0.05) is 10.6 Å². The predicted octanol–water partition coefficient (Wildman–Crippen LogP) is 5.78. The second-order valence-corrected chi connectivity index (χ2v) is 9.71. The Hall–Kier alpha value is -3.63. The maximum Gasteiger partial charge on any atom is 0.416 e. The molecule has 0 aromatic heterocycles. The van der Waals surface area contributed by atoms with E-state index in [9.17, 15) is 31.2 Å². The Labute approximate surface area is 210 Å². The molecule has 0 aliphatic heterocycles. The number of benzene rings is 3. The fourth-order valence-electron chi connectivity index (χ4n) is 3.17. The number of rotatable bonds is 9. The first-order valence-electron chi connectivity index (χ1n) is 10.3. The van der Waals surface area contributed by atoms with Crippen LogP contribution >= 0.6 is 11.6 Å². The van der Waals surface area contributed by atoms with Crippen LogP contribution in [0.3, 0.4) is 0 Å². The van der Waals surface area contributed by atoms with Gasteiger partial charge in [0.25, 0.3) is 10.0 Å². The molecule has 0 unspecified atom stereocenters. The van der Waals surface area contributed by atoms with E-state index < -0.39 is 40.1 Å². The van der Waals surface area contributed by atoms with E-state index in [4.69, 9.17) is 16.3 Å². The smallest absolute Gasteiger partial charge is 0.416 e. The lowest BCUT2D eigenvalue weighted by molar-refractivity contribution is -0.137. The highest BCUT2D eigenvalue weighted by Crippen LogP contribution is 2.33. The van der Waals surface area contributed by atoms with E-state index in [0.717, 1.165) is 22.5 Å². The van der Waals surface area contributed by atoms with Crippen molar-refractivity contribution in [2.75, 3.05) is 17.5 Å². The number of ether oxygens (including phenoxy) is 1. The molecule has 0 atom stereocenters. The first-order valence-corrected chi connectivity index (χ1v) is 12.1. The van der Waals surface area contributed by atoms with E-state index in [1.54, 1.807) is 12.1 Å². The highest BCUT2D eigenvalue weighted by molar-refractivity contribution is 7.92. The minimum Gasteiger partial charge on any atom is -0.454 e. The fourth-order valence-corrected chi connectivity index (χ4v) is 4.83. The van der Waals surface area contributed by atoms with E-state index in [1.165, 1.54) is 42.5 Å². The maximum atomic E-state index is 13.3. The Morgan fingerprint density at radius 1 is 0.972 bits per heavy atom. The van der Waals surface area contributed by atoms with Crippen molar-refractivity contribution in [3.8, 4) is 0 Å². The van der Waals surface area contributed by atoms with Crippen LogP contribution in [0.1, 0.15) is 26.3 Å². The molecule has 0 saturated carbocycles. The summed E-state index contributed by atoms with van der Waals surface area (Å²) < 4.78 is 71.9. The van der Waals surface area contributed by atoms with Crippen LogP contribution in [0.5, 0.6) is 0 Å². The van der Waals surface area contributed by atoms with Crippen LogP contribution in [0.15, 0.2) is 90.3 Å². The highest BCUT2D eigenvalue weighted by Gasteiger charge is 2.32. The Kier molecular flexibility index (Phi) is 8.21. The lowest BCUT2D eigenvalue weighted by Gasteiger charge is -2.24. The SMILES string of the molecule is C=CCN(c1cccc(C(F)(F)F)c1)S(=O)(=O)c1cccc(C(=O)OCC(=O)c2cccc(Cl)c2)c1. The number of alkyl halides is 3. The average Bonchev–Trinajstić information content (AvgIpc) is 2.85. The molecule has 0 amide bonds. The summed E-state index contributed by atoms with van der Waals surface area (Å²) in [6.45, 7) is 2.54. The average molecular weight is 538 g/mol. The van der Waals surface area contributed by atoms with Gasteiger partial charge in [0.15, 0.2) is 12.4 Å². The van der Waals surface area contributed by atoms with Gasteiger partial charge in [-0.2, -0.15) is 13.2 Å². The maximum absolute atomic E-state index is 13.3. The van der Waals surface area contributed by atoms with Crippen LogP contribution < -0.4 is 4.31 Å². The number of hydrogen-bond donors (Lipinski definition) is 0. The van der Waals surface area contributed by atoms with Gasteiger partial charge < -0.3 is 4.74 Å². The quantitative estimate of drug-likeness (QED) is 0.196. The molecule has 0 saturated heterocycles. The third-order valence-corrected chi connectivity index (χ3v) is 6.92. The van der Waals surface area contributed by atoms with Crippen molar-refractivity contribution in [2.24, 2.45) is 0 Å². The molecule has 36 heavy (non-hydrogen) atoms. The fraction of sp³-hybridized carbons (Fsp3) is 0.120. The van der Waals surface area contributed by atoms with E-state index in [0.29, 0.717) is 11.1 Å². The Bertz CT molecular complexity index is 1410. The van der Waals surface area contributed by atoms with E-state index >= 15 is 0 Å². The standard InChI is InChI=1S/C25H19ClF3NO5S/c1-2-12-30(21-10-5-8-19(15-21)25(27,28)29)36(33,34)22-11-4-7-18(14-22)24(32)35-16-23(31)17-6-3-9-20(26)13-17/h2-11,13-15H,1,12,16H2. The van der Waals surface area contributed by atoms with Crippen molar-refractivity contribution in [1.82, 2.24) is 0 Å². The van der Waals surface area contributed by atoms with Gasteiger partial charge in [0.1, 0.15) is 0 Å². The molecular weight excluding hydrogens is 519 g/mol. The molecule has 11 heteroatoms. The molecule has 3 aromatic rings. The number of carbonyl (C=O) groups is 2. The molecular formula is C25H19ClF3NO5S. The van der Waals surface area contributed by atoms with Gasteiger partial charge in [0.05, 0.1) is 28.3 Å². The first-order chi connectivity index (χ1) is 16.9. The third kappa shape index (κ3) is 6.32. The minimum atomic E-state index is -4.67. The molecule has 3 rings (SSSR count). The summed E-state index contributed by atoms with van der Waals surface area (Å²) in [5, 5.41) is 0.329. The van der Waals surface area contributed by atoms with E-state index in [-0.39, 0.29) is 28.3 Å². The number of esters is 1. The second kappa shape index (κ2) is 11.0. The van der Waals surface area contributed by atoms with Crippen LogP contribution in [0.4, 0.5) is 18.9 Å². The number of anilines is 1. The number of nitrogens with zero attached hydrogens (tertiary/aromatic N) is 1. The molecule has 0 bridgehead atoms. The van der Waals surface area contributed by atoms with Crippen molar-refractivity contribution in [3.63, 3.8) is 0 Å². The van der Waals surface area contributed by atoms with Gasteiger partial charge in [-0.15, -0.1) is 6.58 Å². The van der Waals surface area contributed by atoms with Crippen molar-refractivity contribution >= 4 is 39.1 Å². The largest absolute Gasteiger partial charge is 0.454 e. The molecule has 6 nitrogen and oxygen atoms in total. The van der Waals surface area contributed by atoms with Gasteiger partial charge in [-0.25, -0.2) is 13.2 Å². The predicted molar refractivity (Wildman–Crippen MR) is 129 cm³/mol. The molecule has 0 aliphatic rings. The minimum absolute atomic E-state index is 0.169. The van der Waals surface area contributed by atoms with Gasteiger partial charge in [-0.1, -0.05) is 41.9 Å². The van der Waals surface area contributed by atoms with E-state index in [1.807, 2.05) is 0 Å². The Balaban J connectivity index is 1.85. The summed E-state index contributed by atoms with van der Waals surface area (Å²) in [4.78, 5) is 24.4. The van der Waals surface area contributed by atoms with Crippen molar-refractivity contribution in [2.45, 2.75) is 11.1 Å². The number of hydrogen-bond acceptors (Lipinski definition) is 5. The molecule has 0 fully saturated rings. The van der Waals surface area contributed by atoms with Gasteiger partial charge in [0.2, 0.25) is 0 Å². The third-order valence-electron chi connectivity index (χ3n) is 4.90. The lowest BCUT2D eigenvalue weighted by atomic mass is 10.1. The zero-order valence-electron chi connectivity index (χ0n) is 18.5. The summed E-state index contributed by atoms with van der Waals surface area (Å²) in [7, 11) is -4.41. The summed E-state index contributed by atoms with van der Waals surface area (Å²) in [5.41, 5.74) is -1.19.